The van der Waals surface area contributed by atoms with Crippen LogP contribution in [0.2, 0.25) is 0 Å². The molecule has 0 amide bonds. The summed E-state index contributed by atoms with van der Waals surface area (Å²) < 4.78 is 36.6. The van der Waals surface area contributed by atoms with Crippen molar-refractivity contribution in [3.8, 4) is 0 Å². The van der Waals surface area contributed by atoms with Gasteiger partial charge in [0.05, 0.1) is 6.54 Å². The second-order valence-corrected chi connectivity index (χ2v) is 4.44. The van der Waals surface area contributed by atoms with Crippen molar-refractivity contribution in [2.75, 3.05) is 6.54 Å². The molecule has 3 N–H and O–H groups in total. The summed E-state index contributed by atoms with van der Waals surface area (Å²) in [6.45, 7) is 4.07. The second kappa shape index (κ2) is 7.12. The molecule has 0 aliphatic carbocycles. The van der Waals surface area contributed by atoms with Crippen molar-refractivity contribution in [3.05, 3.63) is 35.7 Å². The molecule has 0 spiro atoms. The smallest absolute Gasteiger partial charge is 0.401 e. The number of aromatic amines is 1. The Morgan fingerprint density at radius 3 is 2.71 bits per heavy atom. The van der Waals surface area contributed by atoms with E-state index in [1.165, 1.54) is 0 Å². The first-order valence-corrected chi connectivity index (χ1v) is 6.26. The Morgan fingerprint density at radius 1 is 1.57 bits per heavy atom. The summed E-state index contributed by atoms with van der Waals surface area (Å²) in [5, 5.41) is 11.1. The number of hydrogen-bond acceptors (Lipinski definition) is 2. The standard InChI is InChI=1S/C14H17F3N2O2/c1-3-5-10-9(7-18-11(10)4-2)6-12(13(20)21)19-8-14(15,16)17/h3-5,7,12,18-19H,2,6,8H2,1H3,(H,20,21)/b5-3-/t12-/m0/s1. The van der Waals surface area contributed by atoms with E-state index in [1.54, 1.807) is 31.3 Å². The lowest BCUT2D eigenvalue weighted by atomic mass is 10.0. The lowest BCUT2D eigenvalue weighted by Crippen LogP contribution is -2.43. The molecule has 0 saturated carbocycles. The maximum absolute atomic E-state index is 12.2. The van der Waals surface area contributed by atoms with Crippen molar-refractivity contribution < 1.29 is 23.1 Å². The summed E-state index contributed by atoms with van der Waals surface area (Å²) in [5.41, 5.74) is 2.04. The molecule has 0 aliphatic rings. The van der Waals surface area contributed by atoms with E-state index in [9.17, 15) is 18.0 Å². The summed E-state index contributed by atoms with van der Waals surface area (Å²) in [7, 11) is 0. The number of nitrogens with one attached hydrogen (secondary N) is 2. The SMILES string of the molecule is C=Cc1[nH]cc(C[C@H](NCC(F)(F)F)C(=O)O)c1/C=C\C. The highest BCUT2D eigenvalue weighted by Gasteiger charge is 2.30. The van der Waals surface area contributed by atoms with Crippen LogP contribution in [0.4, 0.5) is 13.2 Å². The highest BCUT2D eigenvalue weighted by molar-refractivity contribution is 5.75. The zero-order chi connectivity index (χ0) is 16.0. The van der Waals surface area contributed by atoms with Gasteiger partial charge in [0, 0.05) is 23.9 Å². The Labute approximate surface area is 120 Å². The maximum atomic E-state index is 12.2. The molecule has 4 nitrogen and oxygen atoms in total. The Balaban J connectivity index is 2.92. The molecule has 1 aromatic rings. The lowest BCUT2D eigenvalue weighted by Gasteiger charge is -2.16. The van der Waals surface area contributed by atoms with Gasteiger partial charge in [0.25, 0.3) is 0 Å². The number of allylic oxidation sites excluding steroid dienone is 1. The largest absolute Gasteiger partial charge is 0.480 e. The normalized spacial score (nSPS) is 13.5. The van der Waals surface area contributed by atoms with Crippen LogP contribution in [0.25, 0.3) is 12.2 Å². The van der Waals surface area contributed by atoms with Crippen molar-refractivity contribution in [2.45, 2.75) is 25.6 Å². The molecule has 0 fully saturated rings. The summed E-state index contributed by atoms with van der Waals surface area (Å²) >= 11 is 0. The average Bonchev–Trinajstić information content (AvgIpc) is 2.75. The molecule has 0 unspecified atom stereocenters. The van der Waals surface area contributed by atoms with Gasteiger partial charge in [-0.3, -0.25) is 10.1 Å². The van der Waals surface area contributed by atoms with Crippen LogP contribution in [0.15, 0.2) is 18.9 Å². The molecule has 7 heteroatoms. The number of hydrogen-bond donors (Lipinski definition) is 3. The molecular weight excluding hydrogens is 285 g/mol. The van der Waals surface area contributed by atoms with Crippen molar-refractivity contribution >= 4 is 18.1 Å². The molecular formula is C14H17F3N2O2. The monoisotopic (exact) mass is 302 g/mol. The predicted molar refractivity (Wildman–Crippen MR) is 74.8 cm³/mol. The molecule has 1 rings (SSSR count). The Kier molecular flexibility index (Phi) is 5.78. The van der Waals surface area contributed by atoms with Gasteiger partial charge in [-0.15, -0.1) is 0 Å². The number of aromatic nitrogens is 1. The molecule has 1 aromatic heterocycles. The number of H-pyrrole nitrogens is 1. The van der Waals surface area contributed by atoms with Gasteiger partial charge >= 0.3 is 12.1 Å². The first kappa shape index (κ1) is 17.0. The number of halogens is 3. The third-order valence-electron chi connectivity index (χ3n) is 2.85. The van der Waals surface area contributed by atoms with Crippen LogP contribution >= 0.6 is 0 Å². The fourth-order valence-corrected chi connectivity index (χ4v) is 1.90. The quantitative estimate of drug-likeness (QED) is 0.725. The van der Waals surface area contributed by atoms with Gasteiger partial charge in [-0.1, -0.05) is 18.7 Å². The van der Waals surface area contributed by atoms with E-state index in [-0.39, 0.29) is 6.42 Å². The molecule has 21 heavy (non-hydrogen) atoms. The minimum absolute atomic E-state index is 0.0601. The van der Waals surface area contributed by atoms with Gasteiger partial charge in [-0.05, 0) is 18.6 Å². The first-order chi connectivity index (χ1) is 9.78. The number of carboxylic acids is 1. The number of alkyl halides is 3. The van der Waals surface area contributed by atoms with Crippen LogP contribution in [0, 0.1) is 0 Å². The van der Waals surface area contributed by atoms with Gasteiger partial charge in [0.2, 0.25) is 0 Å². The molecule has 116 valence electrons. The van der Waals surface area contributed by atoms with Gasteiger partial charge in [0.1, 0.15) is 6.04 Å². The summed E-state index contributed by atoms with van der Waals surface area (Å²) in [6, 6.07) is -1.32. The maximum Gasteiger partial charge on any atom is 0.401 e. The highest BCUT2D eigenvalue weighted by Crippen LogP contribution is 2.20. The summed E-state index contributed by atoms with van der Waals surface area (Å²) in [4.78, 5) is 14.0. The topological polar surface area (TPSA) is 65.1 Å². The zero-order valence-electron chi connectivity index (χ0n) is 11.5. The fourth-order valence-electron chi connectivity index (χ4n) is 1.90. The van der Waals surface area contributed by atoms with E-state index < -0.39 is 24.7 Å². The van der Waals surface area contributed by atoms with Gasteiger partial charge < -0.3 is 10.1 Å². The summed E-state index contributed by atoms with van der Waals surface area (Å²) in [6.07, 6.45) is 2.15. The van der Waals surface area contributed by atoms with Gasteiger partial charge in [-0.2, -0.15) is 13.2 Å². The molecule has 0 saturated heterocycles. The van der Waals surface area contributed by atoms with Crippen LogP contribution in [-0.4, -0.2) is 34.8 Å². The van der Waals surface area contributed by atoms with Crippen LogP contribution in [0.5, 0.6) is 0 Å². The van der Waals surface area contributed by atoms with E-state index in [0.29, 0.717) is 11.3 Å². The van der Waals surface area contributed by atoms with Gasteiger partial charge in [0.15, 0.2) is 0 Å². The molecule has 0 radical (unpaired) electrons. The Morgan fingerprint density at radius 2 is 2.24 bits per heavy atom. The minimum atomic E-state index is -4.45. The zero-order valence-corrected chi connectivity index (χ0v) is 11.5. The predicted octanol–water partition coefficient (Wildman–Crippen LogP) is 2.84. The third kappa shape index (κ3) is 5.11. The van der Waals surface area contributed by atoms with Crippen molar-refractivity contribution in [1.29, 1.82) is 0 Å². The molecule has 1 heterocycles. The number of carbonyl (C=O) groups is 1. The molecule has 0 aromatic carbocycles. The Hall–Kier alpha value is -2.02. The van der Waals surface area contributed by atoms with E-state index in [2.05, 4.69) is 11.6 Å². The lowest BCUT2D eigenvalue weighted by molar-refractivity contribution is -0.143. The average molecular weight is 302 g/mol. The van der Waals surface area contributed by atoms with E-state index in [0.717, 1.165) is 5.56 Å². The number of rotatable bonds is 7. The van der Waals surface area contributed by atoms with Crippen LogP contribution in [-0.2, 0) is 11.2 Å². The van der Waals surface area contributed by atoms with Crippen LogP contribution in [0.1, 0.15) is 23.7 Å². The van der Waals surface area contributed by atoms with E-state index in [1.807, 2.05) is 5.32 Å². The molecule has 0 aliphatic heterocycles. The number of carboxylic acid groups (broad SMARTS) is 1. The van der Waals surface area contributed by atoms with Crippen LogP contribution < -0.4 is 5.32 Å². The second-order valence-electron chi connectivity index (χ2n) is 4.44. The van der Waals surface area contributed by atoms with E-state index in [4.69, 9.17) is 5.11 Å². The third-order valence-corrected chi connectivity index (χ3v) is 2.85. The summed E-state index contributed by atoms with van der Waals surface area (Å²) in [5.74, 6) is -1.33. The minimum Gasteiger partial charge on any atom is -0.480 e. The van der Waals surface area contributed by atoms with Crippen LogP contribution in [0.3, 0.4) is 0 Å². The van der Waals surface area contributed by atoms with Crippen molar-refractivity contribution in [2.24, 2.45) is 0 Å². The van der Waals surface area contributed by atoms with Gasteiger partial charge in [-0.25, -0.2) is 0 Å². The fraction of sp³-hybridized carbons (Fsp3) is 0.357. The molecule has 0 bridgehead atoms. The molecule has 1 atom stereocenters. The highest BCUT2D eigenvalue weighted by atomic mass is 19.4. The van der Waals surface area contributed by atoms with Crippen molar-refractivity contribution in [1.82, 2.24) is 10.3 Å². The Bertz CT molecular complexity index is 533. The van der Waals surface area contributed by atoms with Crippen molar-refractivity contribution in [3.63, 3.8) is 0 Å². The van der Waals surface area contributed by atoms with E-state index >= 15 is 0 Å². The number of aliphatic carboxylic acids is 1. The first-order valence-electron chi connectivity index (χ1n) is 6.26.